The van der Waals surface area contributed by atoms with Crippen molar-refractivity contribution in [3.63, 3.8) is 0 Å². The van der Waals surface area contributed by atoms with Crippen molar-refractivity contribution in [2.75, 3.05) is 5.32 Å². The third-order valence-electron chi connectivity index (χ3n) is 2.99. The van der Waals surface area contributed by atoms with Gasteiger partial charge in [-0.2, -0.15) is 0 Å². The molecule has 0 radical (unpaired) electrons. The summed E-state index contributed by atoms with van der Waals surface area (Å²) in [7, 11) is 0. The molecule has 0 atom stereocenters. The van der Waals surface area contributed by atoms with Crippen LogP contribution in [0.3, 0.4) is 0 Å². The highest BCUT2D eigenvalue weighted by molar-refractivity contribution is 6.35. The smallest absolute Gasteiger partial charge is 0.259 e. The summed E-state index contributed by atoms with van der Waals surface area (Å²) in [6.07, 6.45) is 0.959. The van der Waals surface area contributed by atoms with Crippen LogP contribution in [0.4, 0.5) is 5.69 Å². The van der Waals surface area contributed by atoms with Gasteiger partial charge in [-0.3, -0.25) is 4.79 Å². The van der Waals surface area contributed by atoms with E-state index < -0.39 is 0 Å². The monoisotopic (exact) mass is 308 g/mol. The number of halogens is 2. The van der Waals surface area contributed by atoms with E-state index in [0.29, 0.717) is 11.1 Å². The summed E-state index contributed by atoms with van der Waals surface area (Å²) in [5.41, 5.74) is 2.97. The summed E-state index contributed by atoms with van der Waals surface area (Å²) in [4.78, 5) is 16.1. The number of rotatable bonds is 3. The average Bonchev–Trinajstić information content (AvgIpc) is 2.38. The minimum Gasteiger partial charge on any atom is -0.322 e. The molecule has 1 aromatic carbocycles. The molecule has 0 saturated heterocycles. The second-order valence-corrected chi connectivity index (χ2v) is 5.18. The Morgan fingerprint density at radius 2 is 1.90 bits per heavy atom. The highest BCUT2D eigenvalue weighted by Gasteiger charge is 2.16. The SMILES string of the molecule is CCc1ccc(NC(=O)c2c(C)cc(Cl)nc2Cl)cc1. The Balaban J connectivity index is 2.23. The van der Waals surface area contributed by atoms with Crippen LogP contribution in [0, 0.1) is 6.92 Å². The topological polar surface area (TPSA) is 42.0 Å². The van der Waals surface area contributed by atoms with Crippen LogP contribution in [0.5, 0.6) is 0 Å². The lowest BCUT2D eigenvalue weighted by atomic mass is 10.1. The number of benzene rings is 1. The third kappa shape index (κ3) is 3.30. The van der Waals surface area contributed by atoms with E-state index in [1.54, 1.807) is 13.0 Å². The highest BCUT2D eigenvalue weighted by atomic mass is 35.5. The van der Waals surface area contributed by atoms with Crippen LogP contribution in [0.2, 0.25) is 10.3 Å². The van der Waals surface area contributed by atoms with E-state index in [1.165, 1.54) is 5.56 Å². The predicted molar refractivity (Wildman–Crippen MR) is 82.8 cm³/mol. The van der Waals surface area contributed by atoms with E-state index in [0.717, 1.165) is 12.1 Å². The lowest BCUT2D eigenvalue weighted by molar-refractivity contribution is 0.102. The first-order valence-electron chi connectivity index (χ1n) is 6.24. The first-order chi connectivity index (χ1) is 9.51. The molecule has 3 nitrogen and oxygen atoms in total. The molecule has 0 fully saturated rings. The van der Waals surface area contributed by atoms with Gasteiger partial charge < -0.3 is 5.32 Å². The normalized spacial score (nSPS) is 10.4. The molecule has 0 spiro atoms. The van der Waals surface area contributed by atoms with Crippen molar-refractivity contribution < 1.29 is 4.79 Å². The van der Waals surface area contributed by atoms with E-state index in [2.05, 4.69) is 17.2 Å². The number of carbonyl (C=O) groups excluding carboxylic acids is 1. The Morgan fingerprint density at radius 1 is 1.25 bits per heavy atom. The van der Waals surface area contributed by atoms with Crippen molar-refractivity contribution in [3.8, 4) is 0 Å². The zero-order valence-corrected chi connectivity index (χ0v) is 12.7. The van der Waals surface area contributed by atoms with E-state index in [4.69, 9.17) is 23.2 Å². The lowest BCUT2D eigenvalue weighted by Crippen LogP contribution is -2.14. The third-order valence-corrected chi connectivity index (χ3v) is 3.46. The molecule has 1 N–H and O–H groups in total. The maximum atomic E-state index is 12.2. The largest absolute Gasteiger partial charge is 0.322 e. The number of nitrogens with zero attached hydrogens (tertiary/aromatic N) is 1. The standard InChI is InChI=1S/C15H14Cl2N2O/c1-3-10-4-6-11(7-5-10)18-15(20)13-9(2)8-12(16)19-14(13)17/h4-8H,3H2,1-2H3,(H,18,20). The maximum absolute atomic E-state index is 12.2. The van der Waals surface area contributed by atoms with Crippen molar-refractivity contribution in [2.45, 2.75) is 20.3 Å². The van der Waals surface area contributed by atoms with Crippen LogP contribution in [-0.4, -0.2) is 10.9 Å². The molecule has 0 saturated carbocycles. The number of anilines is 1. The molecule has 2 aromatic rings. The molecule has 0 aliphatic heterocycles. The second-order valence-electron chi connectivity index (χ2n) is 4.43. The summed E-state index contributed by atoms with van der Waals surface area (Å²) in [5, 5.41) is 3.19. The Morgan fingerprint density at radius 3 is 2.45 bits per heavy atom. The van der Waals surface area contributed by atoms with Crippen LogP contribution >= 0.6 is 23.2 Å². The first kappa shape index (κ1) is 14.8. The van der Waals surface area contributed by atoms with Crippen LogP contribution < -0.4 is 5.32 Å². The highest BCUT2D eigenvalue weighted by Crippen LogP contribution is 2.22. The van der Waals surface area contributed by atoms with Crippen LogP contribution in [0.15, 0.2) is 30.3 Å². The molecule has 1 heterocycles. The Labute approximate surface area is 127 Å². The predicted octanol–water partition coefficient (Wildman–Crippen LogP) is 4.51. The van der Waals surface area contributed by atoms with Crippen LogP contribution in [-0.2, 0) is 6.42 Å². The van der Waals surface area contributed by atoms with Gasteiger partial charge in [-0.25, -0.2) is 4.98 Å². The fourth-order valence-electron chi connectivity index (χ4n) is 1.89. The Hall–Kier alpha value is -1.58. The van der Waals surface area contributed by atoms with Crippen molar-refractivity contribution in [2.24, 2.45) is 0 Å². The van der Waals surface area contributed by atoms with Gasteiger partial charge in [-0.15, -0.1) is 0 Å². The zero-order valence-electron chi connectivity index (χ0n) is 11.2. The van der Waals surface area contributed by atoms with Gasteiger partial charge >= 0.3 is 0 Å². The fraction of sp³-hybridized carbons (Fsp3) is 0.200. The number of carbonyl (C=O) groups is 1. The van der Waals surface area contributed by atoms with Crippen molar-refractivity contribution >= 4 is 34.8 Å². The van der Waals surface area contributed by atoms with Crippen molar-refractivity contribution in [1.82, 2.24) is 4.98 Å². The molecule has 1 amide bonds. The molecule has 20 heavy (non-hydrogen) atoms. The Kier molecular flexibility index (Phi) is 4.63. The van der Waals surface area contributed by atoms with Crippen LogP contribution in [0.25, 0.3) is 0 Å². The number of pyridine rings is 1. The number of aryl methyl sites for hydroxylation is 2. The van der Waals surface area contributed by atoms with Crippen molar-refractivity contribution in [1.29, 1.82) is 0 Å². The maximum Gasteiger partial charge on any atom is 0.259 e. The van der Waals surface area contributed by atoms with E-state index in [1.807, 2.05) is 24.3 Å². The van der Waals surface area contributed by atoms with Gasteiger partial charge in [-0.05, 0) is 42.7 Å². The molecular formula is C15H14Cl2N2O. The Bertz CT molecular complexity index is 616. The molecule has 0 aliphatic carbocycles. The summed E-state index contributed by atoms with van der Waals surface area (Å²) >= 11 is 11.8. The zero-order chi connectivity index (χ0) is 14.7. The molecule has 5 heteroatoms. The van der Waals surface area contributed by atoms with Gasteiger partial charge in [0.05, 0.1) is 5.56 Å². The molecule has 0 bridgehead atoms. The quantitative estimate of drug-likeness (QED) is 0.848. The fourth-order valence-corrected chi connectivity index (χ4v) is 2.50. The summed E-state index contributed by atoms with van der Waals surface area (Å²) in [5.74, 6) is -0.291. The summed E-state index contributed by atoms with van der Waals surface area (Å²) in [6, 6.07) is 9.30. The number of aromatic nitrogens is 1. The second kappa shape index (κ2) is 6.25. The number of nitrogens with one attached hydrogen (secondary N) is 1. The van der Waals surface area contributed by atoms with Gasteiger partial charge in [0.1, 0.15) is 10.3 Å². The van der Waals surface area contributed by atoms with Crippen molar-refractivity contribution in [3.05, 3.63) is 57.3 Å². The molecular weight excluding hydrogens is 295 g/mol. The van der Waals surface area contributed by atoms with Gasteiger partial charge in [0, 0.05) is 5.69 Å². The summed E-state index contributed by atoms with van der Waals surface area (Å²) in [6.45, 7) is 3.85. The minimum absolute atomic E-state index is 0.109. The molecule has 2 rings (SSSR count). The van der Waals surface area contributed by atoms with Gasteiger partial charge in [0.2, 0.25) is 0 Å². The molecule has 104 valence electrons. The van der Waals surface area contributed by atoms with Gasteiger partial charge in [0.15, 0.2) is 0 Å². The van der Waals surface area contributed by atoms with E-state index in [9.17, 15) is 4.79 Å². The molecule has 1 aromatic heterocycles. The average molecular weight is 309 g/mol. The number of hydrogen-bond donors (Lipinski definition) is 1. The molecule has 0 aliphatic rings. The van der Waals surface area contributed by atoms with Gasteiger partial charge in [0.25, 0.3) is 5.91 Å². The minimum atomic E-state index is -0.291. The number of hydrogen-bond acceptors (Lipinski definition) is 2. The lowest BCUT2D eigenvalue weighted by Gasteiger charge is -2.09. The molecule has 0 unspecified atom stereocenters. The number of amides is 1. The van der Waals surface area contributed by atoms with E-state index >= 15 is 0 Å². The van der Waals surface area contributed by atoms with Gasteiger partial charge in [-0.1, -0.05) is 42.3 Å². The van der Waals surface area contributed by atoms with Crippen LogP contribution in [0.1, 0.15) is 28.4 Å². The van der Waals surface area contributed by atoms with E-state index in [-0.39, 0.29) is 16.2 Å². The summed E-state index contributed by atoms with van der Waals surface area (Å²) < 4.78 is 0. The first-order valence-corrected chi connectivity index (χ1v) is 6.99.